The van der Waals surface area contributed by atoms with Gasteiger partial charge in [0.15, 0.2) is 5.76 Å². The molecule has 1 fully saturated rings. The lowest BCUT2D eigenvalue weighted by atomic mass is 10.0. The Kier molecular flexibility index (Phi) is 6.21. The highest BCUT2D eigenvalue weighted by atomic mass is 32.1. The Morgan fingerprint density at radius 3 is 2.64 bits per heavy atom. The highest BCUT2D eigenvalue weighted by Crippen LogP contribution is 2.48. The molecule has 186 valence electrons. The van der Waals surface area contributed by atoms with Crippen LogP contribution in [0.4, 0.5) is 14.5 Å². The van der Waals surface area contributed by atoms with E-state index in [1.54, 1.807) is 6.07 Å². The number of primary amides is 1. The van der Waals surface area contributed by atoms with Crippen molar-refractivity contribution in [2.45, 2.75) is 45.6 Å². The number of thiophene rings is 1. The van der Waals surface area contributed by atoms with E-state index in [0.29, 0.717) is 22.5 Å². The van der Waals surface area contributed by atoms with Crippen molar-refractivity contribution in [3.63, 3.8) is 0 Å². The number of nitrogens with one attached hydrogen (secondary N) is 1. The zero-order valence-electron chi connectivity index (χ0n) is 19.6. The molecule has 0 spiro atoms. The van der Waals surface area contributed by atoms with Crippen LogP contribution in [0.25, 0.3) is 10.2 Å². The van der Waals surface area contributed by atoms with Gasteiger partial charge in [-0.2, -0.15) is 0 Å². The van der Waals surface area contributed by atoms with E-state index in [1.807, 2.05) is 32.0 Å². The van der Waals surface area contributed by atoms with Crippen LogP contribution in [0, 0.1) is 13.8 Å². The summed E-state index contributed by atoms with van der Waals surface area (Å²) >= 11 is 0.889. The number of nitrogens with zero attached hydrogens (tertiary/aromatic N) is 1. The number of amides is 2. The Hall–Kier alpha value is -3.79. The van der Waals surface area contributed by atoms with Crippen molar-refractivity contribution in [3.05, 3.63) is 75.2 Å². The van der Waals surface area contributed by atoms with E-state index >= 15 is 0 Å². The Morgan fingerprint density at radius 2 is 1.97 bits per heavy atom. The van der Waals surface area contributed by atoms with Gasteiger partial charge in [-0.05, 0) is 79.6 Å². The minimum atomic E-state index is -2.75. The average Bonchev–Trinajstić information content (AvgIpc) is 3.46. The number of carbonyl (C=O) groups excluding carboxylic acids is 2. The number of aryl methyl sites for hydroxylation is 2. The fraction of sp³-hybridized carbons (Fsp3) is 0.269. The minimum Gasteiger partial charge on any atom is -0.486 e. The molecule has 0 aliphatic heterocycles. The predicted octanol–water partition coefficient (Wildman–Crippen LogP) is 6.25. The number of rotatable bonds is 8. The summed E-state index contributed by atoms with van der Waals surface area (Å²) in [6, 6.07) is 10.2. The Morgan fingerprint density at radius 1 is 1.19 bits per heavy atom. The zero-order chi connectivity index (χ0) is 25.6. The lowest BCUT2D eigenvalue weighted by Gasteiger charge is -2.09. The summed E-state index contributed by atoms with van der Waals surface area (Å²) in [7, 11) is 0. The van der Waals surface area contributed by atoms with Gasteiger partial charge in [-0.15, -0.1) is 11.3 Å². The van der Waals surface area contributed by atoms with Crippen LogP contribution in [0.1, 0.15) is 73.6 Å². The maximum absolute atomic E-state index is 13.4. The van der Waals surface area contributed by atoms with Gasteiger partial charge in [0, 0.05) is 5.39 Å². The topological polar surface area (TPSA) is 107 Å². The summed E-state index contributed by atoms with van der Waals surface area (Å²) < 4.78 is 38.3. The maximum atomic E-state index is 13.4. The minimum absolute atomic E-state index is 0.00795. The van der Waals surface area contributed by atoms with E-state index in [-0.39, 0.29) is 39.4 Å². The molecule has 1 aliphatic carbocycles. The summed E-state index contributed by atoms with van der Waals surface area (Å²) in [5.74, 6) is -0.194. The van der Waals surface area contributed by atoms with E-state index in [9.17, 15) is 18.4 Å². The molecule has 4 aromatic rings. The first kappa shape index (κ1) is 23.9. The highest BCUT2D eigenvalue weighted by molar-refractivity contribution is 7.21. The average molecular weight is 512 g/mol. The summed E-state index contributed by atoms with van der Waals surface area (Å²) in [6.07, 6.45) is -1.09. The molecule has 3 N–H and O–H groups in total. The highest BCUT2D eigenvalue weighted by Gasteiger charge is 2.32. The van der Waals surface area contributed by atoms with E-state index < -0.39 is 18.2 Å². The SMILES string of the molecule is Cc1ccc(OCc2ccc(C(=O)Nc3c(C(N)=O)sc4nc(C(F)F)cc(C5CC5)c34)o2)cc1C. The first-order valence-corrected chi connectivity index (χ1v) is 12.2. The quantitative estimate of drug-likeness (QED) is 0.291. The summed E-state index contributed by atoms with van der Waals surface area (Å²) in [4.78, 5) is 29.5. The molecule has 5 rings (SSSR count). The third-order valence-corrected chi connectivity index (χ3v) is 7.26. The molecule has 2 amide bonds. The fourth-order valence-corrected chi connectivity index (χ4v) is 5.00. The van der Waals surface area contributed by atoms with E-state index in [2.05, 4.69) is 10.3 Å². The molecule has 10 heteroatoms. The number of fused-ring (bicyclic) bond motifs is 1. The monoisotopic (exact) mass is 511 g/mol. The van der Waals surface area contributed by atoms with Crippen LogP contribution in [0.5, 0.6) is 5.75 Å². The zero-order valence-corrected chi connectivity index (χ0v) is 20.4. The molecule has 0 unspecified atom stereocenters. The van der Waals surface area contributed by atoms with Crippen LogP contribution in [-0.2, 0) is 6.61 Å². The van der Waals surface area contributed by atoms with E-state index in [1.165, 1.54) is 12.1 Å². The van der Waals surface area contributed by atoms with Crippen LogP contribution < -0.4 is 15.8 Å². The summed E-state index contributed by atoms with van der Waals surface area (Å²) in [5.41, 5.74) is 8.25. The van der Waals surface area contributed by atoms with Crippen molar-refractivity contribution in [2.24, 2.45) is 5.73 Å². The van der Waals surface area contributed by atoms with Gasteiger partial charge in [0.2, 0.25) is 0 Å². The van der Waals surface area contributed by atoms with Gasteiger partial charge in [-0.25, -0.2) is 13.8 Å². The second kappa shape index (κ2) is 9.34. The lowest BCUT2D eigenvalue weighted by molar-refractivity contribution is 0.0992. The number of carbonyl (C=O) groups is 2. The van der Waals surface area contributed by atoms with Gasteiger partial charge >= 0.3 is 0 Å². The van der Waals surface area contributed by atoms with Crippen molar-refractivity contribution < 1.29 is 27.5 Å². The molecule has 3 aromatic heterocycles. The first-order valence-electron chi connectivity index (χ1n) is 11.4. The fourth-order valence-electron chi connectivity index (χ4n) is 3.98. The lowest BCUT2D eigenvalue weighted by Crippen LogP contribution is -2.16. The number of nitrogens with two attached hydrogens (primary N) is 1. The second-order valence-electron chi connectivity index (χ2n) is 8.82. The number of pyridine rings is 1. The smallest absolute Gasteiger partial charge is 0.291 e. The third-order valence-electron chi connectivity index (χ3n) is 6.16. The van der Waals surface area contributed by atoms with E-state index in [0.717, 1.165) is 35.3 Å². The molecule has 1 saturated carbocycles. The molecule has 36 heavy (non-hydrogen) atoms. The predicted molar refractivity (Wildman–Crippen MR) is 132 cm³/mol. The molecule has 7 nitrogen and oxygen atoms in total. The molecular formula is C26H23F2N3O4S. The first-order chi connectivity index (χ1) is 17.2. The maximum Gasteiger partial charge on any atom is 0.291 e. The molecule has 0 saturated heterocycles. The van der Waals surface area contributed by atoms with Gasteiger partial charge in [0.25, 0.3) is 18.2 Å². The van der Waals surface area contributed by atoms with Crippen molar-refractivity contribution in [1.82, 2.24) is 4.98 Å². The number of benzene rings is 1. The standard InChI is InChI=1S/C26H23F2N3O4S/c1-12-3-6-15(9-13(12)2)34-11-16-7-8-19(35-16)25(33)31-21-20-17(14-4-5-14)10-18(23(27)28)30-26(20)36-22(21)24(29)32/h3,6-10,14,23H,4-5,11H2,1-2H3,(H2,29,32)(H,31,33). The summed E-state index contributed by atoms with van der Waals surface area (Å²) in [5, 5.41) is 3.18. The molecule has 0 bridgehead atoms. The van der Waals surface area contributed by atoms with Crippen LogP contribution in [0.15, 0.2) is 40.8 Å². The molecule has 0 radical (unpaired) electrons. The molecule has 1 aliphatic rings. The van der Waals surface area contributed by atoms with Crippen LogP contribution in [0.2, 0.25) is 0 Å². The number of hydrogen-bond acceptors (Lipinski definition) is 6. The molecular weight excluding hydrogens is 488 g/mol. The van der Waals surface area contributed by atoms with E-state index in [4.69, 9.17) is 14.9 Å². The Balaban J connectivity index is 1.41. The largest absolute Gasteiger partial charge is 0.486 e. The number of halogens is 2. The Bertz CT molecular complexity index is 1490. The third kappa shape index (κ3) is 4.68. The van der Waals surface area contributed by atoms with Gasteiger partial charge < -0.3 is 20.2 Å². The van der Waals surface area contributed by atoms with Crippen molar-refractivity contribution in [2.75, 3.05) is 5.32 Å². The number of furan rings is 1. The summed E-state index contributed by atoms with van der Waals surface area (Å²) in [6.45, 7) is 4.12. The van der Waals surface area contributed by atoms with Gasteiger partial charge in [0.05, 0.1) is 5.69 Å². The van der Waals surface area contributed by atoms with Gasteiger partial charge in [-0.1, -0.05) is 6.07 Å². The second-order valence-corrected chi connectivity index (χ2v) is 9.82. The number of hydrogen-bond donors (Lipinski definition) is 2. The molecule has 1 aromatic carbocycles. The number of ether oxygens (including phenoxy) is 1. The van der Waals surface area contributed by atoms with Crippen LogP contribution in [-0.4, -0.2) is 16.8 Å². The van der Waals surface area contributed by atoms with Crippen molar-refractivity contribution in [1.29, 1.82) is 0 Å². The molecule has 0 atom stereocenters. The van der Waals surface area contributed by atoms with Crippen LogP contribution >= 0.6 is 11.3 Å². The number of alkyl halides is 2. The number of anilines is 1. The van der Waals surface area contributed by atoms with Gasteiger partial charge in [-0.3, -0.25) is 9.59 Å². The van der Waals surface area contributed by atoms with Crippen molar-refractivity contribution in [3.8, 4) is 5.75 Å². The molecule has 3 heterocycles. The number of aromatic nitrogens is 1. The van der Waals surface area contributed by atoms with Gasteiger partial charge in [0.1, 0.15) is 33.5 Å². The normalized spacial score (nSPS) is 13.4. The Labute approximate surface area is 209 Å². The van der Waals surface area contributed by atoms with Crippen LogP contribution in [0.3, 0.4) is 0 Å². The van der Waals surface area contributed by atoms with Crippen molar-refractivity contribution >= 4 is 39.1 Å².